The van der Waals surface area contributed by atoms with Crippen LogP contribution in [0, 0.1) is 5.92 Å². The van der Waals surface area contributed by atoms with Gasteiger partial charge in [-0.3, -0.25) is 9.59 Å². The fourth-order valence-corrected chi connectivity index (χ4v) is 4.14. The van der Waals surface area contributed by atoms with Gasteiger partial charge in [0.25, 0.3) is 0 Å². The highest BCUT2D eigenvalue weighted by Crippen LogP contribution is 2.20. The number of hydrogen-bond acceptors (Lipinski definition) is 3. The van der Waals surface area contributed by atoms with Crippen molar-refractivity contribution in [1.29, 1.82) is 0 Å². The van der Waals surface area contributed by atoms with E-state index in [1.807, 2.05) is 51.2 Å². The summed E-state index contributed by atoms with van der Waals surface area (Å²) in [5, 5.41) is 1.18. The number of carbonyl (C=O) groups is 2. The van der Waals surface area contributed by atoms with Crippen LogP contribution < -0.4 is 4.90 Å². The first-order valence-corrected chi connectivity index (χ1v) is 12.3. The predicted octanol–water partition coefficient (Wildman–Crippen LogP) is 4.87. The maximum atomic E-state index is 13.5. The standard InChI is InChI=1S/C29H38N4O2/c1-6-17-33(29(35)22(3)7-2)21-28(34)32(20-23-12-14-25(15-13-23)31(4)5)18-16-24-19-30-27-11-9-8-10-26(24)27/h6,8-15,19,22,30H,1,7,16-18,20-21H2,2-5H3. The number of benzene rings is 2. The molecule has 2 amide bonds. The summed E-state index contributed by atoms with van der Waals surface area (Å²) in [6, 6.07) is 16.5. The second-order valence-electron chi connectivity index (χ2n) is 9.30. The highest BCUT2D eigenvalue weighted by molar-refractivity contribution is 5.86. The molecule has 2 aromatic carbocycles. The van der Waals surface area contributed by atoms with E-state index in [0.29, 0.717) is 19.6 Å². The molecule has 0 aliphatic carbocycles. The summed E-state index contributed by atoms with van der Waals surface area (Å²) in [5.41, 5.74) is 4.45. The van der Waals surface area contributed by atoms with Crippen molar-refractivity contribution < 1.29 is 9.59 Å². The van der Waals surface area contributed by atoms with E-state index in [2.05, 4.69) is 52.9 Å². The molecule has 1 aromatic heterocycles. The minimum atomic E-state index is -0.124. The van der Waals surface area contributed by atoms with Crippen LogP contribution in [0.1, 0.15) is 31.4 Å². The monoisotopic (exact) mass is 474 g/mol. The number of aromatic nitrogens is 1. The number of para-hydroxylation sites is 1. The van der Waals surface area contributed by atoms with Crippen molar-refractivity contribution in [3.63, 3.8) is 0 Å². The van der Waals surface area contributed by atoms with Crippen molar-refractivity contribution in [1.82, 2.24) is 14.8 Å². The first-order valence-electron chi connectivity index (χ1n) is 12.3. The van der Waals surface area contributed by atoms with Crippen LogP contribution in [0.4, 0.5) is 5.69 Å². The molecule has 1 heterocycles. The van der Waals surface area contributed by atoms with E-state index in [0.717, 1.165) is 29.6 Å². The van der Waals surface area contributed by atoms with Gasteiger partial charge in [-0.1, -0.05) is 50.3 Å². The zero-order valence-corrected chi connectivity index (χ0v) is 21.5. The van der Waals surface area contributed by atoms with Crippen LogP contribution in [0.3, 0.4) is 0 Å². The van der Waals surface area contributed by atoms with Gasteiger partial charge in [0, 0.05) is 62.4 Å². The molecule has 3 rings (SSSR count). The van der Waals surface area contributed by atoms with Crippen LogP contribution in [0.2, 0.25) is 0 Å². The number of carbonyl (C=O) groups excluding carboxylic acids is 2. The molecule has 0 aliphatic heterocycles. The molecule has 0 spiro atoms. The second-order valence-corrected chi connectivity index (χ2v) is 9.30. The SMILES string of the molecule is C=CCN(CC(=O)N(CCc1c[nH]c2ccccc12)Cc1ccc(N(C)C)cc1)C(=O)C(C)CC. The maximum absolute atomic E-state index is 13.5. The summed E-state index contributed by atoms with van der Waals surface area (Å²) < 4.78 is 0. The number of hydrogen-bond donors (Lipinski definition) is 1. The average molecular weight is 475 g/mol. The Morgan fingerprint density at radius 1 is 1.06 bits per heavy atom. The largest absolute Gasteiger partial charge is 0.378 e. The first-order chi connectivity index (χ1) is 16.8. The van der Waals surface area contributed by atoms with E-state index < -0.39 is 0 Å². The number of nitrogens with one attached hydrogen (secondary N) is 1. The lowest BCUT2D eigenvalue weighted by Gasteiger charge is -2.29. The van der Waals surface area contributed by atoms with E-state index in [4.69, 9.17) is 0 Å². The van der Waals surface area contributed by atoms with Gasteiger partial charge in [0.15, 0.2) is 0 Å². The number of rotatable bonds is 12. The Kier molecular flexibility index (Phi) is 9.12. The average Bonchev–Trinajstić information content (AvgIpc) is 3.28. The molecular weight excluding hydrogens is 436 g/mol. The minimum Gasteiger partial charge on any atom is -0.378 e. The van der Waals surface area contributed by atoms with Gasteiger partial charge in [-0.2, -0.15) is 0 Å². The fraction of sp³-hybridized carbons (Fsp3) is 0.379. The van der Waals surface area contributed by atoms with Crippen molar-refractivity contribution in [3.05, 3.63) is 78.5 Å². The molecule has 0 fully saturated rings. The summed E-state index contributed by atoms with van der Waals surface area (Å²) >= 11 is 0. The Morgan fingerprint density at radius 2 is 1.77 bits per heavy atom. The normalized spacial score (nSPS) is 11.8. The first kappa shape index (κ1) is 26.1. The van der Waals surface area contributed by atoms with Crippen LogP contribution in [0.15, 0.2) is 67.4 Å². The van der Waals surface area contributed by atoms with Gasteiger partial charge in [0.05, 0.1) is 0 Å². The molecule has 6 nitrogen and oxygen atoms in total. The van der Waals surface area contributed by atoms with Gasteiger partial charge in [0.2, 0.25) is 11.8 Å². The molecule has 1 atom stereocenters. The molecule has 6 heteroatoms. The Balaban J connectivity index is 1.80. The lowest BCUT2D eigenvalue weighted by molar-refractivity contribution is -0.142. The van der Waals surface area contributed by atoms with Gasteiger partial charge in [0.1, 0.15) is 6.54 Å². The second kappa shape index (κ2) is 12.2. The molecular formula is C29H38N4O2. The van der Waals surface area contributed by atoms with Crippen LogP contribution in [-0.4, -0.2) is 60.3 Å². The molecule has 0 saturated carbocycles. The number of aromatic amines is 1. The molecule has 0 aliphatic rings. The van der Waals surface area contributed by atoms with E-state index in [1.165, 1.54) is 10.9 Å². The highest BCUT2D eigenvalue weighted by Gasteiger charge is 2.24. The van der Waals surface area contributed by atoms with Crippen molar-refractivity contribution in [2.45, 2.75) is 33.2 Å². The Morgan fingerprint density at radius 3 is 2.43 bits per heavy atom. The van der Waals surface area contributed by atoms with Crippen molar-refractivity contribution in [3.8, 4) is 0 Å². The highest BCUT2D eigenvalue weighted by atomic mass is 16.2. The third-order valence-corrected chi connectivity index (χ3v) is 6.53. The lowest BCUT2D eigenvalue weighted by Crippen LogP contribution is -2.45. The number of nitrogens with zero attached hydrogens (tertiary/aromatic N) is 3. The Hall–Kier alpha value is -3.54. The zero-order valence-electron chi connectivity index (χ0n) is 21.5. The van der Waals surface area contributed by atoms with Gasteiger partial charge in [-0.25, -0.2) is 0 Å². The molecule has 0 bridgehead atoms. The summed E-state index contributed by atoms with van der Waals surface area (Å²) in [7, 11) is 4.02. The van der Waals surface area contributed by atoms with E-state index >= 15 is 0 Å². The van der Waals surface area contributed by atoms with E-state index in [9.17, 15) is 9.59 Å². The number of anilines is 1. The molecule has 186 valence electrons. The Labute approximate surface area is 209 Å². The molecule has 0 radical (unpaired) electrons. The summed E-state index contributed by atoms with van der Waals surface area (Å²) in [5.74, 6) is -0.186. The third-order valence-electron chi connectivity index (χ3n) is 6.53. The van der Waals surface area contributed by atoms with Gasteiger partial charge < -0.3 is 19.7 Å². The maximum Gasteiger partial charge on any atom is 0.242 e. The smallest absolute Gasteiger partial charge is 0.242 e. The van der Waals surface area contributed by atoms with Gasteiger partial charge in [-0.15, -0.1) is 6.58 Å². The molecule has 1 unspecified atom stereocenters. The van der Waals surface area contributed by atoms with Gasteiger partial charge in [-0.05, 0) is 42.2 Å². The summed E-state index contributed by atoms with van der Waals surface area (Å²) in [4.78, 5) is 35.3. The van der Waals surface area contributed by atoms with Crippen molar-refractivity contribution >= 4 is 28.4 Å². The molecule has 0 saturated heterocycles. The lowest BCUT2D eigenvalue weighted by atomic mass is 10.1. The van der Waals surface area contributed by atoms with Gasteiger partial charge >= 0.3 is 0 Å². The number of H-pyrrole nitrogens is 1. The van der Waals surface area contributed by atoms with E-state index in [-0.39, 0.29) is 24.3 Å². The summed E-state index contributed by atoms with van der Waals surface area (Å²) in [6.07, 6.45) is 5.18. The van der Waals surface area contributed by atoms with E-state index in [1.54, 1.807) is 11.0 Å². The van der Waals surface area contributed by atoms with Crippen molar-refractivity contribution in [2.75, 3.05) is 38.6 Å². The molecule has 35 heavy (non-hydrogen) atoms. The zero-order chi connectivity index (χ0) is 25.4. The summed E-state index contributed by atoms with van der Waals surface area (Å²) in [6.45, 7) is 9.16. The van der Waals surface area contributed by atoms with Crippen LogP contribution >= 0.6 is 0 Å². The third kappa shape index (κ3) is 6.75. The van der Waals surface area contributed by atoms with Crippen molar-refractivity contribution in [2.24, 2.45) is 5.92 Å². The van der Waals surface area contributed by atoms with Crippen LogP contribution in [0.5, 0.6) is 0 Å². The topological polar surface area (TPSA) is 59.7 Å². The predicted molar refractivity (Wildman–Crippen MR) is 144 cm³/mol. The number of fused-ring (bicyclic) bond motifs is 1. The van der Waals surface area contributed by atoms with Crippen LogP contribution in [0.25, 0.3) is 10.9 Å². The fourth-order valence-electron chi connectivity index (χ4n) is 4.14. The Bertz CT molecular complexity index is 1130. The molecule has 1 N–H and O–H groups in total. The minimum absolute atomic E-state index is 0.00679. The van der Waals surface area contributed by atoms with Crippen LogP contribution in [-0.2, 0) is 22.6 Å². The molecule has 3 aromatic rings. The number of amides is 2. The quantitative estimate of drug-likeness (QED) is 0.381.